The first-order valence-electron chi connectivity index (χ1n) is 26.3. The molecule has 23 nitrogen and oxygen atoms in total. The zero-order valence-electron chi connectivity index (χ0n) is 47.0. The average Bonchev–Trinajstić information content (AvgIpc) is 4.28. The van der Waals surface area contributed by atoms with E-state index in [0.717, 1.165) is 110 Å². The van der Waals surface area contributed by atoms with E-state index in [4.69, 9.17) is 5.73 Å². The summed E-state index contributed by atoms with van der Waals surface area (Å²) < 4.78 is 9.37. The van der Waals surface area contributed by atoms with Gasteiger partial charge in [0.1, 0.15) is 28.3 Å². The zero-order chi connectivity index (χ0) is 58.7. The summed E-state index contributed by atoms with van der Waals surface area (Å²) in [5, 5.41) is 29.4. The number of ketones is 4. The topological polar surface area (TPSA) is 280 Å². The second-order valence-electron chi connectivity index (χ2n) is 20.2. The maximum absolute atomic E-state index is 12.0. The van der Waals surface area contributed by atoms with Crippen LogP contribution in [0.1, 0.15) is 97.2 Å². The number of fused-ring (bicyclic) bond motifs is 15. The Morgan fingerprint density at radius 1 is 0.458 bits per heavy atom. The van der Waals surface area contributed by atoms with Crippen LogP contribution < -0.4 is 21.4 Å². The number of carbonyl (C=O) groups excluding carboxylic acids is 4. The van der Waals surface area contributed by atoms with Crippen molar-refractivity contribution < 1.29 is 19.2 Å². The number of Topliss-reactive ketones (excluding diaryl/α,β-unsaturated/α-hetero) is 4. The smallest absolute Gasteiger partial charge is 0.206 e. The van der Waals surface area contributed by atoms with Crippen LogP contribution in [0.25, 0.3) is 66.1 Å². The lowest BCUT2D eigenvalue weighted by Crippen LogP contribution is -2.08. The van der Waals surface area contributed by atoms with Crippen LogP contribution in [-0.2, 0) is 60.9 Å². The van der Waals surface area contributed by atoms with Gasteiger partial charge in [0.15, 0.2) is 38.5 Å². The molecule has 10 aromatic heterocycles. The average molecular weight is 1210 g/mol. The van der Waals surface area contributed by atoms with Crippen molar-refractivity contribution >= 4 is 116 Å². The summed E-state index contributed by atoms with van der Waals surface area (Å²) in [6.07, 6.45) is 14.4. The van der Waals surface area contributed by atoms with Gasteiger partial charge in [0.25, 0.3) is 0 Å². The van der Waals surface area contributed by atoms with E-state index < -0.39 is 0 Å². The Morgan fingerprint density at radius 2 is 0.880 bits per heavy atom. The maximum Gasteiger partial charge on any atom is 0.206 e. The fraction of sp³-hybridized carbons (Fsp3) is 0.327. The molecule has 0 saturated carbocycles. The summed E-state index contributed by atoms with van der Waals surface area (Å²) in [7, 11) is 14.9. The molecule has 0 radical (unpaired) electrons. The SMILES string of the molecule is CN(C)c1nc2c(s1)CCC(=O)c1nn(C)cc1-2.CNc1nc2c(s1)CCC(=O)c1nn(C)cc1-2.Cc1nc2c(ccc(=O)c3nn(C)cc32)s1.Cc1nc2c(s1)CCC(=O)c1nn(C)cc1-2.Cn1cc2c(n1)C(=O)CCc1sc(N)nc1-2. The molecule has 4 aliphatic rings. The fourth-order valence-corrected chi connectivity index (χ4v) is 14.6. The molecule has 0 bridgehead atoms. The summed E-state index contributed by atoms with van der Waals surface area (Å²) in [5.74, 6) is 0.428. The van der Waals surface area contributed by atoms with E-state index in [1.165, 1.54) is 21.1 Å². The van der Waals surface area contributed by atoms with Crippen LogP contribution >= 0.6 is 56.7 Å². The molecule has 3 N–H and O–H groups in total. The zero-order valence-corrected chi connectivity index (χ0v) is 51.1. The molecule has 4 aliphatic carbocycles. The Hall–Kier alpha value is -8.31. The van der Waals surface area contributed by atoms with Crippen LogP contribution in [0.15, 0.2) is 47.9 Å². The van der Waals surface area contributed by atoms with Crippen LogP contribution in [0.3, 0.4) is 0 Å². The van der Waals surface area contributed by atoms with Gasteiger partial charge >= 0.3 is 0 Å². The standard InChI is InChI=1S/C12H14N4OS.C11H12N4OS.C11H11N3OS.C11H9N3OS.C10H10N4OS/c1-15(2)12-13-11-7-6-16(3)14-10(7)8(17)4-5-9(11)18-12;1-12-11-13-10-6-5-15(2)14-9(6)7(16)3-4-8(10)17-11;2*1-6-12-11-7-5-14(2)13-10(7)8(15)3-4-9(11)16-6;1-14-4-5-8(13-14)6(15)2-3-7-9(5)12-10(11)16-7/h6H,4-5H2,1-3H3;5H,3-4H2,1-2H3,(H,12,13);5H,3-4H2,1-2H3;3-5H,1-2H3;4H,2-3H2,1H3,(H2,11,12). The third-order valence-corrected chi connectivity index (χ3v) is 19.0. The summed E-state index contributed by atoms with van der Waals surface area (Å²) >= 11 is 7.99. The quantitative estimate of drug-likeness (QED) is 0.164. The van der Waals surface area contributed by atoms with E-state index in [9.17, 15) is 24.0 Å². The molecule has 426 valence electrons. The van der Waals surface area contributed by atoms with E-state index in [0.29, 0.717) is 65.5 Å². The van der Waals surface area contributed by atoms with Crippen molar-refractivity contribution in [1.29, 1.82) is 0 Å². The van der Waals surface area contributed by atoms with E-state index in [1.807, 2.05) is 105 Å². The van der Waals surface area contributed by atoms with Gasteiger partial charge in [0.2, 0.25) is 5.43 Å². The molecular weight excluding hydrogens is 1150 g/mol. The minimum Gasteiger partial charge on any atom is -0.375 e. The molecule has 28 heteroatoms. The Bertz CT molecular complexity index is 4330. The lowest BCUT2D eigenvalue weighted by atomic mass is 10.1. The number of hydrogen-bond donors (Lipinski definition) is 2. The molecule has 0 aliphatic heterocycles. The molecule has 0 spiro atoms. The summed E-state index contributed by atoms with van der Waals surface area (Å²) in [6, 6.07) is 3.39. The van der Waals surface area contributed by atoms with Crippen LogP contribution in [0.2, 0.25) is 0 Å². The highest BCUT2D eigenvalue weighted by atomic mass is 32.1. The largest absolute Gasteiger partial charge is 0.375 e. The second kappa shape index (κ2) is 22.8. The number of carbonyl (C=O) groups is 4. The lowest BCUT2D eigenvalue weighted by Gasteiger charge is -2.05. The Morgan fingerprint density at radius 3 is 1.37 bits per heavy atom. The Kier molecular flexibility index (Phi) is 15.5. The van der Waals surface area contributed by atoms with Gasteiger partial charge in [-0.1, -0.05) is 0 Å². The first-order chi connectivity index (χ1) is 39.7. The molecule has 0 atom stereocenters. The lowest BCUT2D eigenvalue weighted by molar-refractivity contribution is 0.0971. The summed E-state index contributed by atoms with van der Waals surface area (Å²) in [6.45, 7) is 3.96. The highest BCUT2D eigenvalue weighted by Crippen LogP contribution is 2.40. The van der Waals surface area contributed by atoms with E-state index >= 15 is 0 Å². The molecule has 11 aromatic rings. The number of nitrogens with one attached hydrogen (secondary N) is 1. The summed E-state index contributed by atoms with van der Waals surface area (Å²) in [4.78, 5) is 88.5. The molecule has 1 aromatic carbocycles. The number of nitrogens with zero attached hydrogens (tertiary/aromatic N) is 16. The third-order valence-electron chi connectivity index (χ3n) is 13.7. The molecule has 0 fully saturated rings. The van der Waals surface area contributed by atoms with E-state index in [-0.39, 0.29) is 28.6 Å². The Balaban J connectivity index is 0.000000109. The van der Waals surface area contributed by atoms with Crippen molar-refractivity contribution in [3.05, 3.63) is 106 Å². The fourth-order valence-electron chi connectivity index (χ4n) is 10.0. The maximum atomic E-state index is 12.0. The van der Waals surface area contributed by atoms with Gasteiger partial charge < -0.3 is 16.0 Å². The highest BCUT2D eigenvalue weighted by Gasteiger charge is 2.30. The van der Waals surface area contributed by atoms with Crippen LogP contribution in [0.4, 0.5) is 15.4 Å². The molecular formula is C55H56N18O5S5. The monoisotopic (exact) mass is 1210 g/mol. The van der Waals surface area contributed by atoms with Crippen LogP contribution in [-0.4, -0.2) is 118 Å². The van der Waals surface area contributed by atoms with Gasteiger partial charge in [0, 0.05) is 133 Å². The minimum absolute atomic E-state index is 0.0570. The first kappa shape index (κ1) is 56.5. The van der Waals surface area contributed by atoms with Crippen molar-refractivity contribution in [2.75, 3.05) is 37.1 Å². The van der Waals surface area contributed by atoms with Gasteiger partial charge in [-0.2, -0.15) is 25.5 Å². The molecule has 0 amide bonds. The van der Waals surface area contributed by atoms with Crippen molar-refractivity contribution in [2.24, 2.45) is 35.2 Å². The highest BCUT2D eigenvalue weighted by molar-refractivity contribution is 7.18. The van der Waals surface area contributed by atoms with E-state index in [2.05, 4.69) is 55.7 Å². The van der Waals surface area contributed by atoms with Crippen molar-refractivity contribution in [3.8, 4) is 45.0 Å². The van der Waals surface area contributed by atoms with Crippen LogP contribution in [0, 0.1) is 13.8 Å². The number of aromatic nitrogens is 15. The molecule has 83 heavy (non-hydrogen) atoms. The number of hydrogen-bond acceptors (Lipinski definition) is 23. The Labute approximate surface area is 494 Å². The van der Waals surface area contributed by atoms with Crippen molar-refractivity contribution in [3.63, 3.8) is 0 Å². The van der Waals surface area contributed by atoms with E-state index in [1.54, 1.807) is 81.9 Å². The second-order valence-corrected chi connectivity index (χ2v) is 26.0. The predicted molar refractivity (Wildman–Crippen MR) is 326 cm³/mol. The van der Waals surface area contributed by atoms with Gasteiger partial charge in [0.05, 0.1) is 70.6 Å². The predicted octanol–water partition coefficient (Wildman–Crippen LogP) is 8.54. The number of rotatable bonds is 2. The van der Waals surface area contributed by atoms with Gasteiger partial charge in [-0.15, -0.1) is 56.7 Å². The van der Waals surface area contributed by atoms with Gasteiger partial charge in [-0.05, 0) is 51.7 Å². The van der Waals surface area contributed by atoms with Crippen molar-refractivity contribution in [1.82, 2.24) is 73.8 Å². The first-order valence-corrected chi connectivity index (χ1v) is 30.4. The minimum atomic E-state index is -0.0570. The molecule has 0 saturated heterocycles. The number of nitrogens with two attached hydrogens (primary N) is 1. The normalized spacial score (nSPS) is 13.7. The van der Waals surface area contributed by atoms with Crippen LogP contribution in [0.5, 0.6) is 0 Å². The molecule has 15 rings (SSSR count). The number of aryl methyl sites for hydroxylation is 11. The van der Waals surface area contributed by atoms with Gasteiger partial charge in [-0.3, -0.25) is 47.4 Å². The number of anilines is 3. The third kappa shape index (κ3) is 11.3. The van der Waals surface area contributed by atoms with Gasteiger partial charge in [-0.25, -0.2) is 24.9 Å². The molecule has 10 heterocycles. The number of thiazole rings is 5. The van der Waals surface area contributed by atoms with Crippen molar-refractivity contribution in [2.45, 2.75) is 65.2 Å². The summed E-state index contributed by atoms with van der Waals surface area (Å²) in [5.41, 5.74) is 16.3. The number of nitrogen functional groups attached to an aromatic ring is 1. The molecule has 0 unspecified atom stereocenters.